The Morgan fingerprint density at radius 2 is 2.14 bits per heavy atom. The van der Waals surface area contributed by atoms with E-state index in [1.165, 1.54) is 0 Å². The van der Waals surface area contributed by atoms with Crippen molar-refractivity contribution in [3.05, 3.63) is 24.3 Å². The van der Waals surface area contributed by atoms with Crippen LogP contribution in [0.3, 0.4) is 0 Å². The van der Waals surface area contributed by atoms with Crippen LogP contribution >= 0.6 is 0 Å². The molecule has 1 atom stereocenters. The monoisotopic (exact) mass is 294 g/mol. The molecule has 1 amide bonds. The van der Waals surface area contributed by atoms with Crippen molar-refractivity contribution >= 4 is 11.6 Å². The second kappa shape index (κ2) is 9.37. The van der Waals surface area contributed by atoms with Gasteiger partial charge in [-0.2, -0.15) is 0 Å². The van der Waals surface area contributed by atoms with E-state index in [2.05, 4.69) is 19.2 Å². The summed E-state index contributed by atoms with van der Waals surface area (Å²) in [6.45, 7) is 5.31. The summed E-state index contributed by atoms with van der Waals surface area (Å²) in [5.74, 6) is 1.25. The minimum Gasteiger partial charge on any atom is -0.494 e. The number of hydrogen-bond acceptors (Lipinski definition) is 4. The van der Waals surface area contributed by atoms with Crippen LogP contribution in [0.15, 0.2) is 24.3 Å². The maximum absolute atomic E-state index is 11.9. The van der Waals surface area contributed by atoms with Crippen molar-refractivity contribution in [2.24, 2.45) is 11.7 Å². The van der Waals surface area contributed by atoms with E-state index < -0.39 is 0 Å². The Labute approximate surface area is 126 Å². The SMILES string of the molecule is COC(CN)CC(=O)Nc1cccc(OCCC(C)C)c1. The normalized spacial score (nSPS) is 12.2. The van der Waals surface area contributed by atoms with Gasteiger partial charge in [0.05, 0.1) is 19.1 Å². The number of hydrogen-bond donors (Lipinski definition) is 2. The zero-order valence-corrected chi connectivity index (χ0v) is 13.1. The standard InChI is InChI=1S/C16H26N2O3/c1-12(2)7-8-21-14-6-4-5-13(9-14)18-16(19)10-15(11-17)20-3/h4-6,9,12,15H,7-8,10-11,17H2,1-3H3,(H,18,19). The van der Waals surface area contributed by atoms with E-state index in [0.29, 0.717) is 24.8 Å². The summed E-state index contributed by atoms with van der Waals surface area (Å²) in [5.41, 5.74) is 6.22. The number of methoxy groups -OCH3 is 1. The third-order valence-corrected chi connectivity index (χ3v) is 3.09. The number of benzene rings is 1. The molecule has 118 valence electrons. The van der Waals surface area contributed by atoms with Crippen molar-refractivity contribution in [2.75, 3.05) is 25.6 Å². The lowest BCUT2D eigenvalue weighted by Crippen LogP contribution is -2.28. The molecule has 0 fully saturated rings. The fourth-order valence-electron chi connectivity index (χ4n) is 1.76. The Kier molecular flexibility index (Phi) is 7.79. The molecule has 0 saturated heterocycles. The quantitative estimate of drug-likeness (QED) is 0.733. The number of carbonyl (C=O) groups excluding carboxylic acids is 1. The molecule has 1 aromatic carbocycles. The van der Waals surface area contributed by atoms with Crippen LogP contribution in [-0.4, -0.2) is 32.3 Å². The van der Waals surface area contributed by atoms with Gasteiger partial charge in [0.15, 0.2) is 0 Å². The number of amides is 1. The number of nitrogens with two attached hydrogens (primary N) is 1. The van der Waals surface area contributed by atoms with Crippen LogP contribution in [0.5, 0.6) is 5.75 Å². The van der Waals surface area contributed by atoms with E-state index in [-0.39, 0.29) is 18.4 Å². The number of rotatable bonds is 9. The van der Waals surface area contributed by atoms with Crippen molar-refractivity contribution in [1.82, 2.24) is 0 Å². The molecule has 21 heavy (non-hydrogen) atoms. The van der Waals surface area contributed by atoms with E-state index in [1.807, 2.05) is 24.3 Å². The summed E-state index contributed by atoms with van der Waals surface area (Å²) >= 11 is 0. The Hall–Kier alpha value is -1.59. The maximum Gasteiger partial charge on any atom is 0.227 e. The Balaban J connectivity index is 2.50. The topological polar surface area (TPSA) is 73.6 Å². The Morgan fingerprint density at radius 3 is 2.76 bits per heavy atom. The summed E-state index contributed by atoms with van der Waals surface area (Å²) in [4.78, 5) is 11.9. The van der Waals surface area contributed by atoms with Crippen molar-refractivity contribution in [3.63, 3.8) is 0 Å². The second-order valence-corrected chi connectivity index (χ2v) is 5.40. The molecule has 1 rings (SSSR count). The summed E-state index contributed by atoms with van der Waals surface area (Å²) in [6, 6.07) is 7.39. The molecule has 0 saturated carbocycles. The van der Waals surface area contributed by atoms with Gasteiger partial charge in [-0.3, -0.25) is 4.79 Å². The van der Waals surface area contributed by atoms with Gasteiger partial charge in [0, 0.05) is 25.4 Å². The van der Waals surface area contributed by atoms with Crippen LogP contribution < -0.4 is 15.8 Å². The predicted octanol–water partition coefficient (Wildman–Crippen LogP) is 2.41. The molecular formula is C16H26N2O3. The van der Waals surface area contributed by atoms with Gasteiger partial charge in [0.25, 0.3) is 0 Å². The van der Waals surface area contributed by atoms with E-state index >= 15 is 0 Å². The van der Waals surface area contributed by atoms with Gasteiger partial charge in [0.2, 0.25) is 5.91 Å². The minimum absolute atomic E-state index is 0.119. The Bertz CT molecular complexity index is 431. The van der Waals surface area contributed by atoms with Crippen molar-refractivity contribution in [3.8, 4) is 5.75 Å². The van der Waals surface area contributed by atoms with E-state index in [0.717, 1.165) is 12.2 Å². The molecule has 1 unspecified atom stereocenters. The van der Waals surface area contributed by atoms with E-state index in [4.69, 9.17) is 15.2 Å². The molecule has 0 aliphatic heterocycles. The molecular weight excluding hydrogens is 268 g/mol. The first-order valence-electron chi connectivity index (χ1n) is 7.30. The lowest BCUT2D eigenvalue weighted by molar-refractivity contribution is -0.118. The highest BCUT2D eigenvalue weighted by Crippen LogP contribution is 2.18. The average molecular weight is 294 g/mol. The zero-order chi connectivity index (χ0) is 15.7. The lowest BCUT2D eigenvalue weighted by atomic mass is 10.1. The zero-order valence-electron chi connectivity index (χ0n) is 13.1. The molecule has 5 nitrogen and oxygen atoms in total. The lowest BCUT2D eigenvalue weighted by Gasteiger charge is -2.13. The van der Waals surface area contributed by atoms with Crippen molar-refractivity contribution in [1.29, 1.82) is 0 Å². The minimum atomic E-state index is -0.254. The van der Waals surface area contributed by atoms with E-state index in [9.17, 15) is 4.79 Å². The van der Waals surface area contributed by atoms with Crippen LogP contribution in [0.25, 0.3) is 0 Å². The van der Waals surface area contributed by atoms with Crippen LogP contribution in [0.1, 0.15) is 26.7 Å². The number of carbonyl (C=O) groups is 1. The van der Waals surface area contributed by atoms with Crippen molar-refractivity contribution in [2.45, 2.75) is 32.8 Å². The van der Waals surface area contributed by atoms with Gasteiger partial charge in [-0.15, -0.1) is 0 Å². The summed E-state index contributed by atoms with van der Waals surface area (Å²) in [7, 11) is 1.55. The smallest absolute Gasteiger partial charge is 0.227 e. The van der Waals surface area contributed by atoms with Gasteiger partial charge in [0.1, 0.15) is 5.75 Å². The molecule has 0 spiro atoms. The van der Waals surface area contributed by atoms with Gasteiger partial charge in [-0.1, -0.05) is 19.9 Å². The molecule has 0 bridgehead atoms. The first-order valence-corrected chi connectivity index (χ1v) is 7.30. The van der Waals surface area contributed by atoms with Crippen molar-refractivity contribution < 1.29 is 14.3 Å². The molecule has 0 heterocycles. The predicted molar refractivity (Wildman–Crippen MR) is 84.5 cm³/mol. The highest BCUT2D eigenvalue weighted by molar-refractivity contribution is 5.91. The molecule has 0 aliphatic carbocycles. The third kappa shape index (κ3) is 7.11. The summed E-state index contributed by atoms with van der Waals surface area (Å²) in [5, 5.41) is 2.83. The molecule has 0 radical (unpaired) electrons. The average Bonchev–Trinajstić information content (AvgIpc) is 2.44. The molecule has 0 aliphatic rings. The molecule has 0 aromatic heterocycles. The first-order chi connectivity index (χ1) is 10.0. The number of anilines is 1. The molecule has 5 heteroatoms. The van der Waals surface area contributed by atoms with Crippen LogP contribution in [0.4, 0.5) is 5.69 Å². The molecule has 3 N–H and O–H groups in total. The summed E-state index contributed by atoms with van der Waals surface area (Å²) in [6.07, 6.45) is 0.990. The number of ether oxygens (including phenoxy) is 2. The van der Waals surface area contributed by atoms with Gasteiger partial charge in [-0.05, 0) is 24.5 Å². The third-order valence-electron chi connectivity index (χ3n) is 3.09. The Morgan fingerprint density at radius 1 is 1.38 bits per heavy atom. The fourth-order valence-corrected chi connectivity index (χ4v) is 1.76. The van der Waals surface area contributed by atoms with Gasteiger partial charge in [-0.25, -0.2) is 0 Å². The van der Waals surface area contributed by atoms with Crippen LogP contribution in [-0.2, 0) is 9.53 Å². The highest BCUT2D eigenvalue weighted by Gasteiger charge is 2.11. The molecule has 1 aromatic rings. The van der Waals surface area contributed by atoms with E-state index in [1.54, 1.807) is 7.11 Å². The maximum atomic E-state index is 11.9. The fraction of sp³-hybridized carbons (Fsp3) is 0.562. The van der Waals surface area contributed by atoms with Crippen LogP contribution in [0, 0.1) is 5.92 Å². The largest absolute Gasteiger partial charge is 0.494 e. The van der Waals surface area contributed by atoms with Gasteiger partial charge < -0.3 is 20.5 Å². The van der Waals surface area contributed by atoms with Gasteiger partial charge >= 0.3 is 0 Å². The summed E-state index contributed by atoms with van der Waals surface area (Å²) < 4.78 is 10.8. The highest BCUT2D eigenvalue weighted by atomic mass is 16.5. The first kappa shape index (κ1) is 17.5. The van der Waals surface area contributed by atoms with Crippen LogP contribution in [0.2, 0.25) is 0 Å². The number of nitrogens with one attached hydrogen (secondary N) is 1. The second-order valence-electron chi connectivity index (χ2n) is 5.40.